The van der Waals surface area contributed by atoms with E-state index in [0.29, 0.717) is 44.7 Å². The number of benzene rings is 2. The van der Waals surface area contributed by atoms with Crippen LogP contribution in [0.4, 0.5) is 14.5 Å². The number of halogens is 2. The average Bonchev–Trinajstić information content (AvgIpc) is 3.41. The Morgan fingerprint density at radius 3 is 2.32 bits per heavy atom. The molecule has 1 aromatic heterocycles. The summed E-state index contributed by atoms with van der Waals surface area (Å²) in [5.41, 5.74) is -0.127. The highest BCUT2D eigenvalue weighted by Gasteiger charge is 2.38. The molecule has 0 saturated carbocycles. The molecule has 2 aliphatic rings. The van der Waals surface area contributed by atoms with Crippen LogP contribution in [0, 0.1) is 29.4 Å². The fourth-order valence-electron chi connectivity index (χ4n) is 5.33. The van der Waals surface area contributed by atoms with Crippen LogP contribution >= 0.6 is 0 Å². The molecule has 2 saturated heterocycles. The molecule has 0 aliphatic carbocycles. The second-order valence-electron chi connectivity index (χ2n) is 9.92. The molecule has 2 fully saturated rings. The van der Waals surface area contributed by atoms with Crippen molar-refractivity contribution in [2.45, 2.75) is 32.1 Å². The smallest absolute Gasteiger partial charge is 0.224 e. The van der Waals surface area contributed by atoms with Gasteiger partial charge in [-0.1, -0.05) is 0 Å². The van der Waals surface area contributed by atoms with E-state index in [2.05, 4.69) is 15.5 Å². The second-order valence-corrected chi connectivity index (χ2v) is 9.92. The van der Waals surface area contributed by atoms with Crippen molar-refractivity contribution in [2.24, 2.45) is 17.8 Å². The summed E-state index contributed by atoms with van der Waals surface area (Å²) in [4.78, 5) is 40.8. The summed E-state index contributed by atoms with van der Waals surface area (Å²) in [5.74, 6) is -4.24. The minimum Gasteiger partial charge on any atom is -0.381 e. The molecule has 1 atom stereocenters. The Morgan fingerprint density at radius 2 is 1.63 bits per heavy atom. The number of Topliss-reactive ketones (excluding diaryl/α,β-unsaturated/α-hetero) is 2. The lowest BCUT2D eigenvalue weighted by atomic mass is 9.76. The molecule has 0 spiro atoms. The SMILES string of the molecule is O=C(CC1CCOCC1)Nc1c(C(=O)[C@@H](C(=O)c2ccc(F)cc2)C2CCOCC2)cc2cn[nH]c2c1F. The summed E-state index contributed by atoms with van der Waals surface area (Å²) in [7, 11) is 0. The third-order valence-corrected chi connectivity index (χ3v) is 7.45. The third kappa shape index (κ3) is 5.51. The molecule has 0 unspecified atom stereocenters. The van der Waals surface area contributed by atoms with Gasteiger partial charge in [0.05, 0.1) is 17.8 Å². The zero-order valence-electron chi connectivity index (χ0n) is 20.8. The van der Waals surface area contributed by atoms with Gasteiger partial charge in [-0.25, -0.2) is 8.78 Å². The van der Waals surface area contributed by atoms with Crippen molar-refractivity contribution in [3.63, 3.8) is 0 Å². The number of carbonyl (C=O) groups is 3. The first-order chi connectivity index (χ1) is 18.4. The number of amides is 1. The number of nitrogens with one attached hydrogen (secondary N) is 2. The van der Waals surface area contributed by atoms with Gasteiger partial charge in [0.1, 0.15) is 11.3 Å². The van der Waals surface area contributed by atoms with Crippen molar-refractivity contribution >= 4 is 34.1 Å². The van der Waals surface area contributed by atoms with E-state index in [-0.39, 0.29) is 40.6 Å². The first-order valence-electron chi connectivity index (χ1n) is 12.9. The number of H-pyrrole nitrogens is 1. The van der Waals surface area contributed by atoms with E-state index in [1.807, 2.05) is 0 Å². The third-order valence-electron chi connectivity index (χ3n) is 7.45. The Bertz CT molecular complexity index is 1330. The lowest BCUT2D eigenvalue weighted by Crippen LogP contribution is -2.36. The van der Waals surface area contributed by atoms with E-state index in [1.165, 1.54) is 24.4 Å². The Labute approximate surface area is 218 Å². The summed E-state index contributed by atoms with van der Waals surface area (Å²) >= 11 is 0. The number of carbonyl (C=O) groups excluding carboxylic acids is 3. The number of aromatic amines is 1. The number of hydrogen-bond acceptors (Lipinski definition) is 6. The van der Waals surface area contributed by atoms with Crippen LogP contribution in [0.25, 0.3) is 10.9 Å². The van der Waals surface area contributed by atoms with Gasteiger partial charge in [0.25, 0.3) is 0 Å². The summed E-state index contributed by atoms with van der Waals surface area (Å²) in [6.07, 6.45) is 3.92. The van der Waals surface area contributed by atoms with Crippen molar-refractivity contribution in [3.8, 4) is 0 Å². The number of hydrogen-bond donors (Lipinski definition) is 2. The van der Waals surface area contributed by atoms with Crippen molar-refractivity contribution < 1.29 is 32.6 Å². The summed E-state index contributed by atoms with van der Waals surface area (Å²) in [6, 6.07) is 6.47. The Balaban J connectivity index is 1.52. The Hall–Kier alpha value is -3.50. The molecule has 0 radical (unpaired) electrons. The van der Waals surface area contributed by atoms with Crippen LogP contribution in [0.15, 0.2) is 36.5 Å². The monoisotopic (exact) mass is 525 g/mol. The Morgan fingerprint density at radius 1 is 0.974 bits per heavy atom. The molecule has 3 heterocycles. The number of ether oxygens (including phenoxy) is 2. The van der Waals surface area contributed by atoms with Crippen LogP contribution in [0.2, 0.25) is 0 Å². The van der Waals surface area contributed by atoms with Gasteiger partial charge in [-0.15, -0.1) is 0 Å². The molecule has 10 heteroatoms. The van der Waals surface area contributed by atoms with E-state index in [0.717, 1.165) is 25.0 Å². The van der Waals surface area contributed by atoms with Gasteiger partial charge < -0.3 is 14.8 Å². The molecular formula is C28H29F2N3O5. The highest BCUT2D eigenvalue weighted by atomic mass is 19.1. The number of anilines is 1. The van der Waals surface area contributed by atoms with Crippen molar-refractivity contribution in [3.05, 3.63) is 59.3 Å². The first kappa shape index (κ1) is 26.1. The topological polar surface area (TPSA) is 110 Å². The van der Waals surface area contributed by atoms with Crippen LogP contribution in [-0.4, -0.2) is 54.1 Å². The standard InChI is InChI=1S/C28H29F2N3O5/c29-20-3-1-18(2-4-20)27(35)23(17-7-11-38-12-8-17)28(36)21-14-19-15-31-33-25(19)24(30)26(21)32-22(34)13-16-5-9-37-10-6-16/h1-4,14-17,23H,5-13H2,(H,31,33)(H,32,34)/t23-/m1/s1. The molecule has 2 aromatic carbocycles. The van der Waals surface area contributed by atoms with Crippen LogP contribution in [0.3, 0.4) is 0 Å². The molecule has 3 aromatic rings. The maximum atomic E-state index is 15.7. The van der Waals surface area contributed by atoms with E-state index in [4.69, 9.17) is 9.47 Å². The number of fused-ring (bicyclic) bond motifs is 1. The fraction of sp³-hybridized carbons (Fsp3) is 0.429. The largest absolute Gasteiger partial charge is 0.381 e. The zero-order valence-corrected chi connectivity index (χ0v) is 20.8. The average molecular weight is 526 g/mol. The summed E-state index contributed by atoms with van der Waals surface area (Å²) < 4.78 is 40.1. The van der Waals surface area contributed by atoms with E-state index >= 15 is 4.39 Å². The molecule has 38 heavy (non-hydrogen) atoms. The van der Waals surface area contributed by atoms with Gasteiger partial charge in [0.2, 0.25) is 5.91 Å². The van der Waals surface area contributed by atoms with Gasteiger partial charge in [0.15, 0.2) is 17.4 Å². The van der Waals surface area contributed by atoms with Crippen molar-refractivity contribution in [2.75, 3.05) is 31.7 Å². The predicted octanol–water partition coefficient (Wildman–Crippen LogP) is 4.70. The highest BCUT2D eigenvalue weighted by molar-refractivity contribution is 6.19. The zero-order chi connectivity index (χ0) is 26.6. The Kier molecular flexibility index (Phi) is 7.90. The highest BCUT2D eigenvalue weighted by Crippen LogP contribution is 2.35. The van der Waals surface area contributed by atoms with Crippen LogP contribution in [-0.2, 0) is 14.3 Å². The van der Waals surface area contributed by atoms with Gasteiger partial charge in [-0.05, 0) is 67.9 Å². The number of aromatic nitrogens is 2. The fourth-order valence-corrected chi connectivity index (χ4v) is 5.33. The molecule has 8 nitrogen and oxygen atoms in total. The van der Waals surface area contributed by atoms with E-state index in [9.17, 15) is 18.8 Å². The minimum atomic E-state index is -1.15. The molecule has 200 valence electrons. The second kappa shape index (κ2) is 11.5. The molecular weight excluding hydrogens is 496 g/mol. The van der Waals surface area contributed by atoms with Gasteiger partial charge in [0, 0.05) is 49.4 Å². The number of nitrogens with zero attached hydrogens (tertiary/aromatic N) is 1. The molecule has 0 bridgehead atoms. The van der Waals surface area contributed by atoms with Crippen LogP contribution < -0.4 is 5.32 Å². The van der Waals surface area contributed by atoms with Crippen molar-refractivity contribution in [1.29, 1.82) is 0 Å². The lowest BCUT2D eigenvalue weighted by molar-refractivity contribution is -0.117. The minimum absolute atomic E-state index is 0.0513. The normalized spacial score (nSPS) is 17.8. The quantitative estimate of drug-likeness (QED) is 0.326. The summed E-state index contributed by atoms with van der Waals surface area (Å²) in [6.45, 7) is 1.90. The van der Waals surface area contributed by atoms with Crippen LogP contribution in [0.5, 0.6) is 0 Å². The van der Waals surface area contributed by atoms with E-state index < -0.39 is 35.0 Å². The number of rotatable bonds is 8. The molecule has 1 amide bonds. The maximum Gasteiger partial charge on any atom is 0.224 e. The van der Waals surface area contributed by atoms with Gasteiger partial charge >= 0.3 is 0 Å². The maximum absolute atomic E-state index is 15.7. The van der Waals surface area contributed by atoms with Crippen LogP contribution in [0.1, 0.15) is 52.8 Å². The lowest BCUT2D eigenvalue weighted by Gasteiger charge is -2.29. The predicted molar refractivity (Wildman–Crippen MR) is 135 cm³/mol. The molecule has 2 N–H and O–H groups in total. The van der Waals surface area contributed by atoms with E-state index in [1.54, 1.807) is 0 Å². The molecule has 5 rings (SSSR count). The van der Waals surface area contributed by atoms with Crippen molar-refractivity contribution in [1.82, 2.24) is 10.2 Å². The van der Waals surface area contributed by atoms with Gasteiger partial charge in [-0.3, -0.25) is 19.5 Å². The molecule has 2 aliphatic heterocycles. The summed E-state index contributed by atoms with van der Waals surface area (Å²) in [5, 5.41) is 9.42. The van der Waals surface area contributed by atoms with Gasteiger partial charge in [-0.2, -0.15) is 5.10 Å². The first-order valence-corrected chi connectivity index (χ1v) is 12.9. The number of ketones is 2.